The lowest BCUT2D eigenvalue weighted by Crippen LogP contribution is -2.34. The van der Waals surface area contributed by atoms with Crippen molar-refractivity contribution in [2.45, 2.75) is 25.7 Å². The summed E-state index contributed by atoms with van der Waals surface area (Å²) in [7, 11) is 3.25. The molecule has 0 saturated heterocycles. The van der Waals surface area contributed by atoms with E-state index in [0.717, 1.165) is 41.8 Å². The molecule has 1 saturated carbocycles. The van der Waals surface area contributed by atoms with Crippen LogP contribution in [-0.4, -0.2) is 19.0 Å². The summed E-state index contributed by atoms with van der Waals surface area (Å²) in [4.78, 5) is 12.4. The Morgan fingerprint density at radius 3 is 2.87 bits per heavy atom. The van der Waals surface area contributed by atoms with E-state index in [1.54, 1.807) is 20.4 Å². The zero-order chi connectivity index (χ0) is 15.3. The monoisotopic (exact) mass is 334 g/mol. The molecule has 0 spiro atoms. The first-order valence-corrected chi connectivity index (χ1v) is 7.78. The van der Waals surface area contributed by atoms with Gasteiger partial charge in [-0.25, -0.2) is 0 Å². The molecule has 1 fully saturated rings. The molecule has 2 unspecified atom stereocenters. The van der Waals surface area contributed by atoms with E-state index in [4.69, 9.17) is 9.47 Å². The number of rotatable bonds is 2. The predicted molar refractivity (Wildman–Crippen MR) is 89.7 cm³/mol. The number of hydrogen-bond acceptors (Lipinski definition) is 3. The molecule has 122 valence electrons. The van der Waals surface area contributed by atoms with Crippen LogP contribution in [0.1, 0.15) is 25.7 Å². The van der Waals surface area contributed by atoms with E-state index in [0.29, 0.717) is 11.8 Å². The molecule has 0 amide bonds. The van der Waals surface area contributed by atoms with Crippen LogP contribution < -0.4 is 0 Å². The lowest BCUT2D eigenvalue weighted by Gasteiger charge is -2.44. The van der Waals surface area contributed by atoms with E-state index in [9.17, 15) is 4.91 Å². The van der Waals surface area contributed by atoms with Crippen molar-refractivity contribution in [2.24, 2.45) is 11.3 Å². The minimum absolute atomic E-state index is 0. The molecule has 0 N–H and O–H groups in total. The molecule has 0 radical (unpaired) electrons. The summed E-state index contributed by atoms with van der Waals surface area (Å²) >= 11 is 0. The number of ether oxygens (including phenoxy) is 2. The van der Waals surface area contributed by atoms with Gasteiger partial charge in [0.25, 0.3) is 0 Å². The fraction of sp³-hybridized carbons (Fsp3) is 0.444. The molecule has 5 heteroatoms. The summed E-state index contributed by atoms with van der Waals surface area (Å²) in [5.74, 6) is 1.91. The van der Waals surface area contributed by atoms with E-state index in [-0.39, 0.29) is 17.8 Å². The van der Waals surface area contributed by atoms with Gasteiger partial charge in [-0.1, -0.05) is 6.08 Å². The Bertz CT molecular complexity index is 714. The average molecular weight is 335 g/mol. The molecule has 0 aromatic heterocycles. The number of fused-ring (bicyclic) bond motifs is 1. The first-order chi connectivity index (χ1) is 10.6. The van der Waals surface area contributed by atoms with Crippen LogP contribution in [0.15, 0.2) is 58.9 Å². The molecule has 0 aromatic rings. The Balaban J connectivity index is 0.00000156. The van der Waals surface area contributed by atoms with Crippen LogP contribution in [0.3, 0.4) is 0 Å². The van der Waals surface area contributed by atoms with Gasteiger partial charge in [0.05, 0.1) is 14.2 Å². The van der Waals surface area contributed by atoms with Crippen molar-refractivity contribution in [3.05, 3.63) is 63.8 Å². The molecule has 1 heterocycles. The number of nitroso groups, excluding NO2 is 1. The van der Waals surface area contributed by atoms with Crippen molar-refractivity contribution in [2.75, 3.05) is 14.2 Å². The van der Waals surface area contributed by atoms with Crippen molar-refractivity contribution in [1.29, 1.82) is 0 Å². The zero-order valence-corrected chi connectivity index (χ0v) is 14.2. The van der Waals surface area contributed by atoms with E-state index in [2.05, 4.69) is 12.2 Å². The van der Waals surface area contributed by atoms with E-state index >= 15 is 0 Å². The van der Waals surface area contributed by atoms with E-state index < -0.39 is 0 Å². The second-order valence-electron chi connectivity index (χ2n) is 6.50. The Kier molecular flexibility index (Phi) is 3.96. The summed E-state index contributed by atoms with van der Waals surface area (Å²) in [5.41, 5.74) is 3.51. The third-order valence-corrected chi connectivity index (χ3v) is 5.30. The Hall–Kier alpha value is -1.81. The lowest BCUT2D eigenvalue weighted by molar-refractivity contribution is -0.462. The highest BCUT2D eigenvalue weighted by atomic mass is 35.5. The van der Waals surface area contributed by atoms with Crippen LogP contribution in [0.5, 0.6) is 0 Å². The number of allylic oxidation sites excluding steroid dienone is 7. The van der Waals surface area contributed by atoms with E-state index in [1.807, 2.05) is 12.2 Å². The molecule has 4 rings (SSSR count). The quantitative estimate of drug-likeness (QED) is 0.712. The van der Waals surface area contributed by atoms with Crippen LogP contribution in [0.25, 0.3) is 0 Å². The average Bonchev–Trinajstić information content (AvgIpc) is 2.54. The number of nitrogens with zero attached hydrogens (tertiary/aromatic N) is 1. The van der Waals surface area contributed by atoms with Crippen LogP contribution in [0, 0.1) is 16.2 Å². The smallest absolute Gasteiger partial charge is 0.419 e. The van der Waals surface area contributed by atoms with Gasteiger partial charge in [0.1, 0.15) is 10.5 Å². The van der Waals surface area contributed by atoms with Crippen molar-refractivity contribution in [3.8, 4) is 0 Å². The summed E-state index contributed by atoms with van der Waals surface area (Å²) in [6, 6.07) is 0. The molecule has 23 heavy (non-hydrogen) atoms. The molecule has 3 aliphatic carbocycles. The molecule has 1 aliphatic heterocycles. The first kappa shape index (κ1) is 16.1. The summed E-state index contributed by atoms with van der Waals surface area (Å²) in [6.45, 7) is 0. The highest BCUT2D eigenvalue weighted by Crippen LogP contribution is 2.55. The normalized spacial score (nSPS) is 35.7. The van der Waals surface area contributed by atoms with Gasteiger partial charge >= 0.3 is 5.88 Å². The second-order valence-corrected chi connectivity index (χ2v) is 6.50. The topological polar surface area (TPSA) is 38.5 Å². The van der Waals surface area contributed by atoms with Crippen molar-refractivity contribution in [3.63, 3.8) is 0 Å². The van der Waals surface area contributed by atoms with Gasteiger partial charge in [0.15, 0.2) is 0 Å². The van der Waals surface area contributed by atoms with Gasteiger partial charge in [-0.15, -0.1) is 12.4 Å². The molecule has 3 bridgehead atoms. The van der Waals surface area contributed by atoms with Gasteiger partial charge in [-0.2, -0.15) is 0 Å². The van der Waals surface area contributed by atoms with Crippen LogP contribution in [-0.2, 0) is 9.47 Å². The molecular weight excluding hydrogens is 314 g/mol. The largest absolute Gasteiger partial charge is 0.497 e. The lowest BCUT2D eigenvalue weighted by atomic mass is 9.59. The van der Waals surface area contributed by atoms with Crippen molar-refractivity contribution in [1.82, 2.24) is 0 Å². The van der Waals surface area contributed by atoms with Crippen LogP contribution in [0.2, 0.25) is 0 Å². The molecule has 0 aromatic carbocycles. The molecule has 4 nitrogen and oxygen atoms in total. The minimum atomic E-state index is -0.242. The maximum Gasteiger partial charge on any atom is 0.419 e. The van der Waals surface area contributed by atoms with Gasteiger partial charge in [-0.05, 0) is 54.9 Å². The zero-order valence-electron chi connectivity index (χ0n) is 13.4. The SMILES string of the molecule is COC1=CC2=C3CC4CC/C3=C/[N+](=O)/C(OC)=C\C2(C=C1)C4.Cl. The number of methoxy groups -OCH3 is 2. The van der Waals surface area contributed by atoms with Crippen molar-refractivity contribution < 1.29 is 14.2 Å². The number of halogens is 1. The summed E-state index contributed by atoms with van der Waals surface area (Å²) < 4.78 is 11.7. The fourth-order valence-corrected chi connectivity index (χ4v) is 4.25. The van der Waals surface area contributed by atoms with Crippen LogP contribution in [0.4, 0.5) is 0 Å². The number of hydrogen-bond donors (Lipinski definition) is 0. The third-order valence-electron chi connectivity index (χ3n) is 5.30. The third kappa shape index (κ3) is 2.36. The highest BCUT2D eigenvalue weighted by molar-refractivity contribution is 5.85. The fourth-order valence-electron chi connectivity index (χ4n) is 4.25. The Labute approximate surface area is 142 Å². The van der Waals surface area contributed by atoms with Gasteiger partial charge in [0, 0.05) is 22.0 Å². The maximum absolute atomic E-state index is 12.4. The molecule has 2 atom stereocenters. The predicted octanol–water partition coefficient (Wildman–Crippen LogP) is 4.16. The van der Waals surface area contributed by atoms with Gasteiger partial charge in [-0.3, -0.25) is 0 Å². The van der Waals surface area contributed by atoms with Crippen molar-refractivity contribution >= 4 is 12.4 Å². The summed E-state index contributed by atoms with van der Waals surface area (Å²) in [5, 5.41) is 0. The first-order valence-electron chi connectivity index (χ1n) is 7.78. The summed E-state index contributed by atoms with van der Waals surface area (Å²) in [6.07, 6.45) is 14.2. The second kappa shape index (κ2) is 5.68. The highest BCUT2D eigenvalue weighted by Gasteiger charge is 2.46. The van der Waals surface area contributed by atoms with Gasteiger partial charge < -0.3 is 9.47 Å². The minimum Gasteiger partial charge on any atom is -0.497 e. The van der Waals surface area contributed by atoms with E-state index in [1.165, 1.54) is 11.1 Å². The molecule has 4 aliphatic rings. The molecular formula is C18H21ClNO3+. The maximum atomic E-state index is 12.4. The van der Waals surface area contributed by atoms with Gasteiger partial charge in [0.2, 0.25) is 6.20 Å². The van der Waals surface area contributed by atoms with Crippen LogP contribution >= 0.6 is 12.4 Å². The Morgan fingerprint density at radius 1 is 1.30 bits per heavy atom. The standard InChI is InChI=1S/C18H20NO3.ClH/c1-21-14-5-6-18-9-12-3-4-13(15(7-12)16(18)8-14)11-19(20)17(10-18)22-2;/h5-6,8,10-12H,3-4,7,9H2,1-2H3;1H/q+1;/b13-11-,17-10+;. The Morgan fingerprint density at radius 2 is 2.13 bits per heavy atom.